The average molecular weight is 864 g/mol. The molecule has 1 aliphatic carbocycles. The maximum Gasteiger partial charge on any atom is 0.410 e. The lowest BCUT2D eigenvalue weighted by Crippen LogP contribution is -2.42. The van der Waals surface area contributed by atoms with Crippen LogP contribution in [-0.4, -0.2) is 105 Å². The van der Waals surface area contributed by atoms with Crippen molar-refractivity contribution in [2.24, 2.45) is 5.92 Å². The van der Waals surface area contributed by atoms with Gasteiger partial charge in [-0.2, -0.15) is 5.26 Å². The van der Waals surface area contributed by atoms with E-state index in [4.69, 9.17) is 28.7 Å². The second-order valence-electron chi connectivity index (χ2n) is 19.4. The number of benzene rings is 3. The summed E-state index contributed by atoms with van der Waals surface area (Å²) < 4.78 is 47.8. The second-order valence-corrected chi connectivity index (χ2v) is 25.0. The number of nitrogens with zero attached hydrogens (tertiary/aromatic N) is 4. The van der Waals surface area contributed by atoms with Gasteiger partial charge in [-0.05, 0) is 112 Å². The minimum atomic E-state index is -1.58. The number of likely N-dealkylation sites (N-methyl/N-ethyl adjacent to an activating group) is 1. The van der Waals surface area contributed by atoms with Crippen LogP contribution < -0.4 is 9.47 Å². The smallest absolute Gasteiger partial charge is 0.410 e. The number of nitrogens with one attached hydrogen (secondary N) is 1. The first kappa shape index (κ1) is 43.4. The van der Waals surface area contributed by atoms with Gasteiger partial charge in [-0.25, -0.2) is 19.0 Å². The van der Waals surface area contributed by atoms with Gasteiger partial charge in [-0.3, -0.25) is 0 Å². The molecule has 3 aliphatic heterocycles. The quantitative estimate of drug-likeness (QED) is 0.0652. The summed E-state index contributed by atoms with van der Waals surface area (Å²) in [6, 6.07) is 16.2. The number of aryl methyl sites for hydroxylation is 1. The van der Waals surface area contributed by atoms with Gasteiger partial charge in [0.05, 0.1) is 29.1 Å². The Balaban J connectivity index is 1.37. The fourth-order valence-corrected chi connectivity index (χ4v) is 10.2. The zero-order valence-corrected chi connectivity index (χ0v) is 38.2. The van der Waals surface area contributed by atoms with E-state index in [1.54, 1.807) is 18.1 Å². The Morgan fingerprint density at radius 1 is 1.10 bits per heavy atom. The van der Waals surface area contributed by atoms with Gasteiger partial charge < -0.3 is 38.5 Å². The Labute approximate surface area is 363 Å². The number of ether oxygens (including phenoxy) is 5. The van der Waals surface area contributed by atoms with Crippen molar-refractivity contribution >= 4 is 52.7 Å². The van der Waals surface area contributed by atoms with Gasteiger partial charge in [-0.1, -0.05) is 43.9 Å². The molecule has 4 aliphatic rings. The molecule has 0 radical (unpaired) electrons. The molecule has 2 bridgehead atoms. The van der Waals surface area contributed by atoms with E-state index in [1.807, 2.05) is 57.2 Å². The Bertz CT molecular complexity index is 2580. The molecule has 12 nitrogen and oxygen atoms in total. The molecule has 4 atom stereocenters. The van der Waals surface area contributed by atoms with Crippen LogP contribution in [0.5, 0.6) is 11.6 Å². The van der Waals surface area contributed by atoms with Gasteiger partial charge >= 0.3 is 12.1 Å². The standard InChI is InChI=1S/C48H58FN5O7Si/c1-48(2,3)61-47(56)54-25-30-23-36(54)38(30)44-40(46(55)58-19-20-62(6,7)8)39-42(51-44)35-22-29(14-11-17-50)37(34-24-32(60-27-57-5)21-28-13-9-10-16-33(28)34)41(49)43(35)52-45(39)59-26-31-15-12-18-53(31)4/h9-10,13,16,21-22,24,30-31,36,38,51H,11-12,14-15,18-20,23,25-27H2,1-8H3/t30?,31-,36?,38?/m0/s1. The summed E-state index contributed by atoms with van der Waals surface area (Å²) in [4.78, 5) is 40.9. The summed E-state index contributed by atoms with van der Waals surface area (Å²) in [5.74, 6) is -0.628. The monoisotopic (exact) mass is 863 g/mol. The van der Waals surface area contributed by atoms with Crippen LogP contribution in [0.2, 0.25) is 25.7 Å². The largest absolute Gasteiger partial charge is 0.475 e. The number of rotatable bonds is 14. The summed E-state index contributed by atoms with van der Waals surface area (Å²) in [6.07, 6.45) is 2.72. The fourth-order valence-electron chi connectivity index (χ4n) is 9.50. The van der Waals surface area contributed by atoms with Crippen molar-refractivity contribution in [3.63, 3.8) is 0 Å². The topological polar surface area (TPSA) is 139 Å². The van der Waals surface area contributed by atoms with Crippen molar-refractivity contribution in [1.82, 2.24) is 19.8 Å². The Hall–Kier alpha value is -5.23. The number of hydrogen-bond acceptors (Lipinski definition) is 10. The number of nitriles is 1. The number of pyridine rings is 1. The van der Waals surface area contributed by atoms with Gasteiger partial charge in [0.2, 0.25) is 5.88 Å². The van der Waals surface area contributed by atoms with E-state index in [1.165, 1.54) is 0 Å². The molecule has 3 aromatic carbocycles. The Morgan fingerprint density at radius 2 is 1.89 bits per heavy atom. The highest BCUT2D eigenvalue weighted by atomic mass is 28.3. The molecule has 2 aromatic heterocycles. The molecular formula is C48H58FN5O7Si. The first-order valence-corrected chi connectivity index (χ1v) is 25.5. The normalized spacial score (nSPS) is 20.2. The summed E-state index contributed by atoms with van der Waals surface area (Å²) in [5.41, 5.74) is 2.32. The van der Waals surface area contributed by atoms with E-state index in [2.05, 4.69) is 42.6 Å². The van der Waals surface area contributed by atoms with Crippen molar-refractivity contribution in [1.29, 1.82) is 5.26 Å². The lowest BCUT2D eigenvalue weighted by Gasteiger charge is -2.36. The predicted molar refractivity (Wildman–Crippen MR) is 240 cm³/mol. The first-order valence-electron chi connectivity index (χ1n) is 21.8. The fraction of sp³-hybridized carbons (Fsp3) is 0.500. The van der Waals surface area contributed by atoms with Gasteiger partial charge in [0.25, 0.3) is 0 Å². The Kier molecular flexibility index (Phi) is 12.0. The van der Waals surface area contributed by atoms with Crippen LogP contribution in [0.1, 0.15) is 74.0 Å². The molecule has 1 amide bonds. The third kappa shape index (κ3) is 8.46. The van der Waals surface area contributed by atoms with Crippen molar-refractivity contribution in [2.75, 3.05) is 47.3 Å². The number of carbonyl (C=O) groups excluding carboxylic acids is 2. The zero-order valence-electron chi connectivity index (χ0n) is 37.2. The van der Waals surface area contributed by atoms with Gasteiger partial charge in [-0.15, -0.1) is 0 Å². The number of fused-ring (bicyclic) bond motifs is 5. The van der Waals surface area contributed by atoms with E-state index < -0.39 is 25.5 Å². The number of halogens is 1. The molecule has 3 saturated heterocycles. The van der Waals surface area contributed by atoms with Crippen LogP contribution in [-0.2, 0) is 20.6 Å². The number of aromatic amines is 1. The highest BCUT2D eigenvalue weighted by molar-refractivity contribution is 6.76. The molecule has 9 rings (SSSR count). The van der Waals surface area contributed by atoms with Crippen molar-refractivity contribution in [3.05, 3.63) is 65.1 Å². The van der Waals surface area contributed by atoms with Crippen LogP contribution >= 0.6 is 0 Å². The van der Waals surface area contributed by atoms with E-state index in [9.17, 15) is 14.9 Å². The van der Waals surface area contributed by atoms with Crippen LogP contribution in [0.25, 0.3) is 43.7 Å². The maximum absolute atomic E-state index is 18.0. The summed E-state index contributed by atoms with van der Waals surface area (Å²) in [5, 5.41) is 12.4. The minimum absolute atomic E-state index is 0.00595. The molecule has 3 unspecified atom stereocenters. The number of esters is 1. The molecule has 1 N–H and O–H groups in total. The number of H-pyrrole nitrogens is 1. The second kappa shape index (κ2) is 17.1. The van der Waals surface area contributed by atoms with Gasteiger partial charge in [0, 0.05) is 62.8 Å². The third-order valence-electron chi connectivity index (χ3n) is 12.6. The van der Waals surface area contributed by atoms with E-state index >= 15 is 4.39 Å². The van der Waals surface area contributed by atoms with Crippen molar-refractivity contribution in [3.8, 4) is 28.8 Å². The maximum atomic E-state index is 18.0. The number of aromatic nitrogens is 2. The van der Waals surface area contributed by atoms with Crippen molar-refractivity contribution in [2.45, 2.75) is 102 Å². The lowest BCUT2D eigenvalue weighted by atomic mass is 9.71. The van der Waals surface area contributed by atoms with Crippen LogP contribution in [0, 0.1) is 23.1 Å². The van der Waals surface area contributed by atoms with Crippen LogP contribution in [0.4, 0.5) is 9.18 Å². The highest BCUT2D eigenvalue weighted by Crippen LogP contribution is 2.55. The SMILES string of the molecule is COCOc1cc(-c2c(CCC#N)cc3c(nc(OC[C@@H]4CCCN4C)c4c(C(=O)OCC[Si](C)(C)C)c(C5C6CC5N(C(=O)OC(C)(C)C)C6)[nH]c43)c2F)c2ccccc2c1. The number of hydrogen-bond donors (Lipinski definition) is 1. The number of carbonyl (C=O) groups is 2. The zero-order chi connectivity index (χ0) is 44.1. The van der Waals surface area contributed by atoms with E-state index in [-0.39, 0.29) is 74.3 Å². The predicted octanol–water partition coefficient (Wildman–Crippen LogP) is 9.81. The molecule has 62 heavy (non-hydrogen) atoms. The molecule has 1 saturated carbocycles. The lowest BCUT2D eigenvalue weighted by molar-refractivity contribution is 0.0232. The van der Waals surface area contributed by atoms with Gasteiger partial charge in [0.1, 0.15) is 23.5 Å². The minimum Gasteiger partial charge on any atom is -0.475 e. The number of methoxy groups -OCH3 is 1. The molecule has 0 spiro atoms. The molecule has 5 aromatic rings. The molecule has 14 heteroatoms. The molecule has 5 heterocycles. The number of amides is 1. The van der Waals surface area contributed by atoms with Crippen LogP contribution in [0.15, 0.2) is 42.5 Å². The number of likely N-dealkylation sites (tertiary alicyclic amines) is 1. The van der Waals surface area contributed by atoms with Crippen molar-refractivity contribution < 1.29 is 37.7 Å². The molecule has 4 fully saturated rings. The van der Waals surface area contributed by atoms with Gasteiger partial charge in [0.15, 0.2) is 12.6 Å². The Morgan fingerprint density at radius 3 is 2.60 bits per heavy atom. The summed E-state index contributed by atoms with van der Waals surface area (Å²) >= 11 is 0. The molecular weight excluding hydrogens is 806 g/mol. The summed E-state index contributed by atoms with van der Waals surface area (Å²) in [6.45, 7) is 14.2. The highest BCUT2D eigenvalue weighted by Gasteiger charge is 2.57. The average Bonchev–Trinajstić information content (AvgIpc) is 4.01. The molecule has 328 valence electrons. The summed E-state index contributed by atoms with van der Waals surface area (Å²) in [7, 11) is 2.03. The van der Waals surface area contributed by atoms with E-state index in [0.717, 1.165) is 42.6 Å². The third-order valence-corrected chi connectivity index (χ3v) is 14.3. The first-order chi connectivity index (χ1) is 29.6. The van der Waals surface area contributed by atoms with Crippen LogP contribution in [0.3, 0.4) is 0 Å². The van der Waals surface area contributed by atoms with E-state index in [0.29, 0.717) is 56.5 Å².